The van der Waals surface area contributed by atoms with Gasteiger partial charge in [0.2, 0.25) is 0 Å². The minimum atomic E-state index is -2.71. The lowest BCUT2D eigenvalue weighted by Gasteiger charge is -2.17. The van der Waals surface area contributed by atoms with Crippen LogP contribution >= 0.6 is 0 Å². The summed E-state index contributed by atoms with van der Waals surface area (Å²) in [6, 6.07) is 0.953. The van der Waals surface area contributed by atoms with Gasteiger partial charge in [-0.15, -0.1) is 0 Å². The molecule has 0 amide bonds. The predicted molar refractivity (Wildman–Crippen MR) is 72.0 cm³/mol. The number of hydrogen-bond donors (Lipinski definition) is 2. The van der Waals surface area contributed by atoms with Crippen molar-refractivity contribution in [2.45, 2.75) is 45.7 Å². The van der Waals surface area contributed by atoms with Gasteiger partial charge >= 0.3 is 0 Å². The van der Waals surface area contributed by atoms with Crippen LogP contribution in [0.15, 0.2) is 0 Å². The molecule has 1 aliphatic heterocycles. The van der Waals surface area contributed by atoms with Gasteiger partial charge in [-0.05, 0) is 32.2 Å². The fraction of sp³-hybridized carbons (Fsp3) is 1.00. The molecular weight excluding hydrogens is 236 g/mol. The quantitative estimate of drug-likeness (QED) is 0.712. The van der Waals surface area contributed by atoms with Crippen LogP contribution in [0.4, 0.5) is 0 Å². The molecule has 0 bridgehead atoms. The van der Waals surface area contributed by atoms with Gasteiger partial charge < -0.3 is 10.6 Å². The molecule has 5 heteroatoms. The van der Waals surface area contributed by atoms with E-state index in [4.69, 9.17) is 0 Å². The van der Waals surface area contributed by atoms with Crippen LogP contribution in [0.1, 0.15) is 33.6 Å². The van der Waals surface area contributed by atoms with E-state index in [2.05, 4.69) is 31.4 Å². The Kier molecular flexibility index (Phi) is 5.89. The van der Waals surface area contributed by atoms with Crippen molar-refractivity contribution < 1.29 is 8.42 Å². The fourth-order valence-corrected chi connectivity index (χ4v) is 4.03. The van der Waals surface area contributed by atoms with E-state index in [1.54, 1.807) is 0 Å². The van der Waals surface area contributed by atoms with Crippen LogP contribution in [0.25, 0.3) is 0 Å². The first-order chi connectivity index (χ1) is 7.89. The molecule has 0 aromatic rings. The van der Waals surface area contributed by atoms with Crippen LogP contribution in [0.5, 0.6) is 0 Å². The van der Waals surface area contributed by atoms with Crippen LogP contribution < -0.4 is 10.6 Å². The van der Waals surface area contributed by atoms with Gasteiger partial charge in [-0.1, -0.05) is 13.8 Å². The zero-order chi connectivity index (χ0) is 12.9. The van der Waals surface area contributed by atoms with Crippen molar-refractivity contribution in [1.29, 1.82) is 0 Å². The number of sulfone groups is 1. The Hall–Kier alpha value is -0.130. The Labute approximate surface area is 105 Å². The third-order valence-electron chi connectivity index (χ3n) is 3.20. The predicted octanol–water partition coefficient (Wildman–Crippen LogP) is 0.787. The number of rotatable bonds is 7. The van der Waals surface area contributed by atoms with E-state index in [0.29, 0.717) is 29.5 Å². The third-order valence-corrected chi connectivity index (χ3v) is 5.04. The third kappa shape index (κ3) is 6.38. The van der Waals surface area contributed by atoms with E-state index in [1.165, 1.54) is 0 Å². The van der Waals surface area contributed by atoms with E-state index in [0.717, 1.165) is 25.9 Å². The van der Waals surface area contributed by atoms with Gasteiger partial charge in [0.05, 0.1) is 11.5 Å². The minimum Gasteiger partial charge on any atom is -0.313 e. The Balaban J connectivity index is 2.08. The number of nitrogens with one attached hydrogen (secondary N) is 2. The van der Waals surface area contributed by atoms with Gasteiger partial charge in [0.15, 0.2) is 9.84 Å². The topological polar surface area (TPSA) is 58.2 Å². The summed E-state index contributed by atoms with van der Waals surface area (Å²) in [6.07, 6.45) is 1.83. The minimum absolute atomic E-state index is 0.373. The molecule has 2 atom stereocenters. The first-order valence-electron chi connectivity index (χ1n) is 6.56. The highest BCUT2D eigenvalue weighted by atomic mass is 32.2. The average molecular weight is 262 g/mol. The van der Waals surface area contributed by atoms with Gasteiger partial charge in [0.1, 0.15) is 0 Å². The van der Waals surface area contributed by atoms with Gasteiger partial charge in [-0.3, -0.25) is 0 Å². The summed E-state index contributed by atoms with van der Waals surface area (Å²) >= 11 is 0. The summed E-state index contributed by atoms with van der Waals surface area (Å²) in [5.74, 6) is 1.16. The van der Waals surface area contributed by atoms with Gasteiger partial charge in [0, 0.05) is 18.6 Å². The molecule has 1 fully saturated rings. The first-order valence-corrected chi connectivity index (χ1v) is 8.38. The Bertz CT molecular complexity index is 314. The smallest absolute Gasteiger partial charge is 0.150 e. The maximum absolute atomic E-state index is 11.3. The van der Waals surface area contributed by atoms with Crippen molar-refractivity contribution in [3.63, 3.8) is 0 Å². The van der Waals surface area contributed by atoms with Crippen LogP contribution in [0.2, 0.25) is 0 Å². The summed E-state index contributed by atoms with van der Waals surface area (Å²) in [4.78, 5) is 0. The van der Waals surface area contributed by atoms with Gasteiger partial charge in [0.25, 0.3) is 0 Å². The summed E-state index contributed by atoms with van der Waals surface area (Å²) in [5.41, 5.74) is 0. The molecule has 0 saturated carbocycles. The van der Waals surface area contributed by atoms with Crippen molar-refractivity contribution >= 4 is 9.84 Å². The van der Waals surface area contributed by atoms with E-state index in [-0.39, 0.29) is 0 Å². The molecule has 102 valence electrons. The van der Waals surface area contributed by atoms with Gasteiger partial charge in [-0.2, -0.15) is 0 Å². The second-order valence-corrected chi connectivity index (χ2v) is 7.70. The molecule has 0 aromatic carbocycles. The molecule has 4 nitrogen and oxygen atoms in total. The van der Waals surface area contributed by atoms with Gasteiger partial charge in [-0.25, -0.2) is 8.42 Å². The van der Waals surface area contributed by atoms with Crippen LogP contribution in [0.3, 0.4) is 0 Å². The zero-order valence-electron chi connectivity index (χ0n) is 11.2. The van der Waals surface area contributed by atoms with Crippen molar-refractivity contribution in [2.24, 2.45) is 5.92 Å². The lowest BCUT2D eigenvalue weighted by molar-refractivity contribution is 0.441. The number of hydrogen-bond acceptors (Lipinski definition) is 4. The van der Waals surface area contributed by atoms with Crippen molar-refractivity contribution in [3.05, 3.63) is 0 Å². The molecule has 1 heterocycles. The highest BCUT2D eigenvalue weighted by Gasteiger charge is 2.27. The molecule has 0 radical (unpaired) electrons. The van der Waals surface area contributed by atoms with E-state index >= 15 is 0 Å². The summed E-state index contributed by atoms with van der Waals surface area (Å²) < 4.78 is 22.6. The van der Waals surface area contributed by atoms with E-state index < -0.39 is 9.84 Å². The molecule has 2 N–H and O–H groups in total. The Morgan fingerprint density at radius 1 is 1.24 bits per heavy atom. The maximum Gasteiger partial charge on any atom is 0.150 e. The summed E-state index contributed by atoms with van der Waals surface area (Å²) in [6.45, 7) is 8.30. The van der Waals surface area contributed by atoms with E-state index in [9.17, 15) is 8.42 Å². The van der Waals surface area contributed by atoms with Crippen molar-refractivity contribution in [1.82, 2.24) is 10.6 Å². The van der Waals surface area contributed by atoms with E-state index in [1.807, 2.05) is 0 Å². The highest BCUT2D eigenvalue weighted by molar-refractivity contribution is 7.91. The van der Waals surface area contributed by atoms with Crippen molar-refractivity contribution in [3.8, 4) is 0 Å². The largest absolute Gasteiger partial charge is 0.313 e. The molecule has 1 rings (SSSR count). The molecule has 2 unspecified atom stereocenters. The summed E-state index contributed by atoms with van der Waals surface area (Å²) in [5, 5.41) is 6.81. The normalized spacial score (nSPS) is 25.3. The molecule has 17 heavy (non-hydrogen) atoms. The Morgan fingerprint density at radius 2 is 1.94 bits per heavy atom. The first kappa shape index (κ1) is 14.9. The molecule has 0 spiro atoms. The van der Waals surface area contributed by atoms with Crippen LogP contribution in [-0.4, -0.2) is 45.1 Å². The summed E-state index contributed by atoms with van der Waals surface area (Å²) in [7, 11) is -2.71. The monoisotopic (exact) mass is 262 g/mol. The SMILES string of the molecule is CC(C)NCC(C)NCCC1CCS(=O)(=O)C1. The average Bonchev–Trinajstić information content (AvgIpc) is 2.55. The maximum atomic E-state index is 11.3. The second kappa shape index (κ2) is 6.71. The standard InChI is InChI=1S/C12H26N2O2S/c1-10(2)14-8-11(3)13-6-4-12-5-7-17(15,16)9-12/h10-14H,4-9H2,1-3H3. The lowest BCUT2D eigenvalue weighted by Crippen LogP contribution is -2.39. The molecule has 0 aromatic heterocycles. The second-order valence-electron chi connectivity index (χ2n) is 5.48. The molecule has 1 aliphatic rings. The Morgan fingerprint density at radius 3 is 2.47 bits per heavy atom. The fourth-order valence-electron chi connectivity index (χ4n) is 2.12. The molecule has 0 aliphatic carbocycles. The van der Waals surface area contributed by atoms with Crippen LogP contribution in [-0.2, 0) is 9.84 Å². The van der Waals surface area contributed by atoms with Crippen LogP contribution in [0, 0.1) is 5.92 Å². The lowest BCUT2D eigenvalue weighted by atomic mass is 10.1. The zero-order valence-corrected chi connectivity index (χ0v) is 12.0. The van der Waals surface area contributed by atoms with Crippen molar-refractivity contribution in [2.75, 3.05) is 24.6 Å². The molecular formula is C12H26N2O2S. The highest BCUT2D eigenvalue weighted by Crippen LogP contribution is 2.20. The molecule has 1 saturated heterocycles.